The minimum Gasteiger partial charge on any atom is -0.404 e. The van der Waals surface area contributed by atoms with Gasteiger partial charge in [-0.3, -0.25) is 4.99 Å². The zero-order chi connectivity index (χ0) is 12.0. The molecule has 0 spiro atoms. The highest BCUT2D eigenvalue weighted by atomic mass is 14.8. The second-order valence-corrected chi connectivity index (χ2v) is 3.64. The number of allylic oxidation sites excluding steroid dienone is 1. The Bertz CT molecular complexity index is 377. The monoisotopic (exact) mass is 217 g/mol. The molecule has 86 valence electrons. The van der Waals surface area contributed by atoms with E-state index in [1.165, 1.54) is 5.56 Å². The van der Waals surface area contributed by atoms with Gasteiger partial charge < -0.3 is 11.1 Å². The van der Waals surface area contributed by atoms with Crippen LogP contribution >= 0.6 is 0 Å². The Kier molecular flexibility index (Phi) is 4.73. The average molecular weight is 217 g/mol. The molecule has 0 amide bonds. The fourth-order valence-corrected chi connectivity index (χ4v) is 1.48. The number of rotatable bonds is 4. The predicted octanol–water partition coefficient (Wildman–Crippen LogP) is 1.97. The number of nitrogens with two attached hydrogens (primary N) is 1. The van der Waals surface area contributed by atoms with Crippen LogP contribution in [0.1, 0.15) is 24.1 Å². The summed E-state index contributed by atoms with van der Waals surface area (Å²) in [5, 5.41) is 3.20. The summed E-state index contributed by atoms with van der Waals surface area (Å²) < 4.78 is 0. The number of aliphatic imine (C=N–C) groups is 1. The van der Waals surface area contributed by atoms with E-state index in [2.05, 4.69) is 41.5 Å². The van der Waals surface area contributed by atoms with Gasteiger partial charge in [0.25, 0.3) is 0 Å². The van der Waals surface area contributed by atoms with Crippen LogP contribution in [0.3, 0.4) is 0 Å². The van der Waals surface area contributed by atoms with E-state index in [0.717, 1.165) is 11.1 Å². The number of nitrogens with one attached hydrogen (secondary N) is 1. The van der Waals surface area contributed by atoms with E-state index in [1.54, 1.807) is 19.5 Å². The highest BCUT2D eigenvalue weighted by Gasteiger charge is 2.03. The Morgan fingerprint density at radius 2 is 2.00 bits per heavy atom. The van der Waals surface area contributed by atoms with Gasteiger partial charge in [-0.1, -0.05) is 24.3 Å². The summed E-state index contributed by atoms with van der Waals surface area (Å²) in [5.41, 5.74) is 8.83. The van der Waals surface area contributed by atoms with Crippen molar-refractivity contribution in [3.63, 3.8) is 0 Å². The van der Waals surface area contributed by atoms with Crippen LogP contribution in [0, 0.1) is 0 Å². The van der Waals surface area contributed by atoms with E-state index in [4.69, 9.17) is 5.73 Å². The van der Waals surface area contributed by atoms with E-state index in [-0.39, 0.29) is 0 Å². The third kappa shape index (κ3) is 2.94. The van der Waals surface area contributed by atoms with Crippen LogP contribution in [0.5, 0.6) is 0 Å². The Balaban J connectivity index is 2.94. The van der Waals surface area contributed by atoms with E-state index in [9.17, 15) is 0 Å². The van der Waals surface area contributed by atoms with Crippen LogP contribution in [0.4, 0.5) is 0 Å². The maximum atomic E-state index is 5.55. The van der Waals surface area contributed by atoms with E-state index in [1.807, 2.05) is 7.05 Å². The third-order valence-corrected chi connectivity index (χ3v) is 2.62. The standard InChI is InChI=1S/C13H19N3/c1-10(16-3)11-4-6-12(7-5-11)13(8-14)9-15-2/h4-10,16H,14H2,1-3H3. The molecule has 3 heteroatoms. The van der Waals surface area contributed by atoms with Crippen LogP contribution in [0.2, 0.25) is 0 Å². The quantitative estimate of drug-likeness (QED) is 0.757. The molecule has 3 N–H and O–H groups in total. The Labute approximate surface area is 97.1 Å². The second-order valence-electron chi connectivity index (χ2n) is 3.64. The van der Waals surface area contributed by atoms with Crippen molar-refractivity contribution in [2.45, 2.75) is 13.0 Å². The number of hydrogen-bond donors (Lipinski definition) is 2. The molecule has 0 aliphatic rings. The second kappa shape index (κ2) is 6.08. The van der Waals surface area contributed by atoms with Crippen LogP contribution in [-0.2, 0) is 0 Å². The zero-order valence-electron chi connectivity index (χ0n) is 10.1. The SMILES string of the molecule is CN=CC(=CN)c1ccc(C(C)NC)cc1. The van der Waals surface area contributed by atoms with Crippen molar-refractivity contribution < 1.29 is 0 Å². The maximum Gasteiger partial charge on any atom is 0.0301 e. The largest absolute Gasteiger partial charge is 0.404 e. The number of hydrogen-bond acceptors (Lipinski definition) is 3. The van der Waals surface area contributed by atoms with Crippen molar-refractivity contribution in [2.75, 3.05) is 14.1 Å². The lowest BCUT2D eigenvalue weighted by Crippen LogP contribution is -2.12. The third-order valence-electron chi connectivity index (χ3n) is 2.62. The summed E-state index contributed by atoms with van der Waals surface area (Å²) in [6, 6.07) is 8.68. The first-order valence-electron chi connectivity index (χ1n) is 5.34. The van der Waals surface area contributed by atoms with E-state index >= 15 is 0 Å². The Morgan fingerprint density at radius 1 is 1.38 bits per heavy atom. The van der Waals surface area contributed by atoms with Gasteiger partial charge in [0.15, 0.2) is 0 Å². The van der Waals surface area contributed by atoms with Gasteiger partial charge in [-0.15, -0.1) is 0 Å². The molecule has 1 aromatic carbocycles. The Morgan fingerprint density at radius 3 is 2.44 bits per heavy atom. The molecule has 0 heterocycles. The van der Waals surface area contributed by atoms with Crippen LogP contribution in [0.15, 0.2) is 35.5 Å². The summed E-state index contributed by atoms with van der Waals surface area (Å²) in [6.45, 7) is 2.13. The van der Waals surface area contributed by atoms with Crippen LogP contribution < -0.4 is 11.1 Å². The minimum absolute atomic E-state index is 0.360. The lowest BCUT2D eigenvalue weighted by Gasteiger charge is -2.11. The van der Waals surface area contributed by atoms with Crippen molar-refractivity contribution >= 4 is 11.8 Å². The van der Waals surface area contributed by atoms with Gasteiger partial charge in [0.2, 0.25) is 0 Å². The van der Waals surface area contributed by atoms with E-state index < -0.39 is 0 Å². The summed E-state index contributed by atoms with van der Waals surface area (Å²) in [4.78, 5) is 3.97. The summed E-state index contributed by atoms with van der Waals surface area (Å²) in [6.07, 6.45) is 3.33. The smallest absolute Gasteiger partial charge is 0.0301 e. The van der Waals surface area contributed by atoms with Crippen molar-refractivity contribution in [3.8, 4) is 0 Å². The van der Waals surface area contributed by atoms with Gasteiger partial charge in [-0.25, -0.2) is 0 Å². The molecule has 1 rings (SSSR count). The van der Waals surface area contributed by atoms with Crippen LogP contribution in [0.25, 0.3) is 5.57 Å². The molecule has 16 heavy (non-hydrogen) atoms. The first-order chi connectivity index (χ1) is 7.72. The molecule has 0 bridgehead atoms. The topological polar surface area (TPSA) is 50.4 Å². The van der Waals surface area contributed by atoms with Crippen molar-refractivity contribution in [3.05, 3.63) is 41.6 Å². The molecule has 0 aliphatic heterocycles. The van der Waals surface area contributed by atoms with E-state index in [0.29, 0.717) is 6.04 Å². The van der Waals surface area contributed by atoms with Gasteiger partial charge in [0.05, 0.1) is 0 Å². The molecular weight excluding hydrogens is 198 g/mol. The van der Waals surface area contributed by atoms with Gasteiger partial charge in [-0.05, 0) is 25.1 Å². The molecule has 1 aromatic rings. The van der Waals surface area contributed by atoms with Gasteiger partial charge in [-0.2, -0.15) is 0 Å². The fourth-order valence-electron chi connectivity index (χ4n) is 1.48. The molecule has 0 fully saturated rings. The average Bonchev–Trinajstić information content (AvgIpc) is 2.35. The minimum atomic E-state index is 0.360. The molecule has 1 unspecified atom stereocenters. The molecule has 0 saturated heterocycles. The van der Waals surface area contributed by atoms with Crippen molar-refractivity contribution in [1.29, 1.82) is 0 Å². The van der Waals surface area contributed by atoms with Gasteiger partial charge in [0, 0.05) is 31.1 Å². The first-order valence-corrected chi connectivity index (χ1v) is 5.34. The Hall–Kier alpha value is -1.61. The summed E-state index contributed by atoms with van der Waals surface area (Å²) in [7, 11) is 3.69. The van der Waals surface area contributed by atoms with Gasteiger partial charge in [0.1, 0.15) is 0 Å². The lowest BCUT2D eigenvalue weighted by molar-refractivity contribution is 0.652. The molecule has 0 saturated carbocycles. The summed E-state index contributed by atoms with van der Waals surface area (Å²) >= 11 is 0. The predicted molar refractivity (Wildman–Crippen MR) is 70.5 cm³/mol. The van der Waals surface area contributed by atoms with Crippen LogP contribution in [-0.4, -0.2) is 20.3 Å². The molecule has 0 radical (unpaired) electrons. The first kappa shape index (κ1) is 12.5. The molecule has 1 atom stereocenters. The molecular formula is C13H19N3. The van der Waals surface area contributed by atoms with Crippen molar-refractivity contribution in [2.24, 2.45) is 10.7 Å². The fraction of sp³-hybridized carbons (Fsp3) is 0.308. The van der Waals surface area contributed by atoms with Crippen molar-refractivity contribution in [1.82, 2.24) is 5.32 Å². The van der Waals surface area contributed by atoms with Gasteiger partial charge >= 0.3 is 0 Å². The lowest BCUT2D eigenvalue weighted by atomic mass is 10.0. The number of nitrogens with zero attached hydrogens (tertiary/aromatic N) is 1. The number of benzene rings is 1. The highest BCUT2D eigenvalue weighted by molar-refractivity contribution is 6.09. The normalized spacial score (nSPS) is 14.3. The zero-order valence-corrected chi connectivity index (χ0v) is 10.1. The summed E-state index contributed by atoms with van der Waals surface area (Å²) in [5.74, 6) is 0. The maximum absolute atomic E-state index is 5.55. The molecule has 0 aliphatic carbocycles. The molecule has 0 aromatic heterocycles. The molecule has 3 nitrogen and oxygen atoms in total. The highest BCUT2D eigenvalue weighted by Crippen LogP contribution is 2.16.